The molecule has 0 N–H and O–H groups in total. The lowest BCUT2D eigenvalue weighted by Crippen LogP contribution is -2.49. The molecule has 2 saturated heterocycles. The van der Waals surface area contributed by atoms with Crippen molar-refractivity contribution >= 4 is 17.5 Å². The zero-order valence-electron chi connectivity index (χ0n) is 21.2. The lowest BCUT2D eigenvalue weighted by molar-refractivity contribution is 0.00263. The summed E-state index contributed by atoms with van der Waals surface area (Å²) in [7, 11) is 0. The molecule has 2 bridgehead atoms. The number of anilines is 2. The van der Waals surface area contributed by atoms with Crippen LogP contribution in [0.15, 0.2) is 67.0 Å². The zero-order chi connectivity index (χ0) is 24.9. The number of nitrogens with zero attached hydrogens (tertiary/aromatic N) is 3. The Hall–Kier alpha value is -3.54. The van der Waals surface area contributed by atoms with E-state index in [9.17, 15) is 4.79 Å². The van der Waals surface area contributed by atoms with Gasteiger partial charge in [-0.15, -0.1) is 0 Å². The van der Waals surface area contributed by atoms with Gasteiger partial charge in [0, 0.05) is 31.0 Å². The Labute approximate surface area is 212 Å². The highest BCUT2D eigenvalue weighted by molar-refractivity contribution is 5.81. The maximum Gasteiger partial charge on any atom is 0.410 e. The fourth-order valence-electron chi connectivity index (χ4n) is 6.06. The second-order valence-corrected chi connectivity index (χ2v) is 11.2. The van der Waals surface area contributed by atoms with E-state index in [1.54, 1.807) is 0 Å². The van der Waals surface area contributed by atoms with Gasteiger partial charge in [-0.3, -0.25) is 4.98 Å². The van der Waals surface area contributed by atoms with Crippen LogP contribution < -0.4 is 9.64 Å². The van der Waals surface area contributed by atoms with Crippen LogP contribution in [-0.2, 0) is 4.74 Å². The van der Waals surface area contributed by atoms with Crippen LogP contribution in [0, 0.1) is 5.92 Å². The van der Waals surface area contributed by atoms with E-state index >= 15 is 0 Å². The van der Waals surface area contributed by atoms with E-state index in [4.69, 9.17) is 9.47 Å². The van der Waals surface area contributed by atoms with E-state index in [1.807, 2.05) is 62.3 Å². The Kier molecular flexibility index (Phi) is 5.62. The fourth-order valence-corrected chi connectivity index (χ4v) is 6.06. The van der Waals surface area contributed by atoms with Gasteiger partial charge in [0.05, 0.1) is 11.4 Å². The van der Waals surface area contributed by atoms with E-state index in [0.29, 0.717) is 5.92 Å². The molecule has 3 aromatic rings. The molecular weight excluding hydrogens is 450 g/mol. The molecule has 4 heterocycles. The van der Waals surface area contributed by atoms with Crippen molar-refractivity contribution in [2.75, 3.05) is 11.4 Å². The van der Waals surface area contributed by atoms with Gasteiger partial charge in [-0.25, -0.2) is 4.79 Å². The number of rotatable bonds is 3. The SMILES string of the molecule is CC(C)(C)OC(=O)N1[C@@H]2CC[C@H]1CC(CN1c3ccccc3Oc3cc(-c4ccncc4)ccc31)C2. The van der Waals surface area contributed by atoms with Crippen molar-refractivity contribution in [3.8, 4) is 22.6 Å². The summed E-state index contributed by atoms with van der Waals surface area (Å²) in [5.74, 6) is 2.24. The minimum absolute atomic E-state index is 0.154. The number of amides is 1. The lowest BCUT2D eigenvalue weighted by atomic mass is 9.90. The normalized spacial score (nSPS) is 22.5. The van der Waals surface area contributed by atoms with Crippen LogP contribution in [0.2, 0.25) is 0 Å². The van der Waals surface area contributed by atoms with Crippen molar-refractivity contribution in [1.82, 2.24) is 9.88 Å². The summed E-state index contributed by atoms with van der Waals surface area (Å²) in [6, 6.07) is 19.3. The third kappa shape index (κ3) is 4.29. The van der Waals surface area contributed by atoms with Crippen molar-refractivity contribution in [2.45, 2.75) is 64.1 Å². The van der Waals surface area contributed by atoms with Gasteiger partial charge in [0.15, 0.2) is 11.5 Å². The first-order valence-electron chi connectivity index (χ1n) is 13.0. The highest BCUT2D eigenvalue weighted by Crippen LogP contribution is 2.49. The van der Waals surface area contributed by atoms with Crippen LogP contribution in [0.1, 0.15) is 46.5 Å². The number of carbonyl (C=O) groups is 1. The molecule has 0 saturated carbocycles. The van der Waals surface area contributed by atoms with E-state index < -0.39 is 5.60 Å². The van der Waals surface area contributed by atoms with E-state index in [0.717, 1.165) is 66.2 Å². The molecule has 1 amide bonds. The molecule has 1 aromatic heterocycles. The third-order valence-electron chi connectivity index (χ3n) is 7.52. The Morgan fingerprint density at radius 1 is 0.944 bits per heavy atom. The lowest BCUT2D eigenvalue weighted by Gasteiger charge is -2.42. The van der Waals surface area contributed by atoms with Gasteiger partial charge in [0.2, 0.25) is 0 Å². The quantitative estimate of drug-likeness (QED) is 0.395. The summed E-state index contributed by atoms with van der Waals surface area (Å²) in [5, 5.41) is 0. The van der Waals surface area contributed by atoms with Gasteiger partial charge >= 0.3 is 6.09 Å². The average Bonchev–Trinajstić information content (AvgIpc) is 3.13. The highest BCUT2D eigenvalue weighted by Gasteiger charge is 2.45. The maximum atomic E-state index is 12.9. The first kappa shape index (κ1) is 22.9. The molecule has 6 nitrogen and oxygen atoms in total. The number of piperidine rings is 1. The molecular formula is C30H33N3O3. The van der Waals surface area contributed by atoms with Gasteiger partial charge in [0.25, 0.3) is 0 Å². The first-order valence-corrected chi connectivity index (χ1v) is 13.0. The van der Waals surface area contributed by atoms with Crippen LogP contribution in [0.3, 0.4) is 0 Å². The molecule has 0 spiro atoms. The Morgan fingerprint density at radius 2 is 1.64 bits per heavy atom. The molecule has 3 aliphatic rings. The Bertz CT molecular complexity index is 1260. The van der Waals surface area contributed by atoms with Gasteiger partial charge in [-0.2, -0.15) is 0 Å². The van der Waals surface area contributed by atoms with Crippen molar-refractivity contribution in [2.24, 2.45) is 5.92 Å². The number of ether oxygens (including phenoxy) is 2. The Balaban J connectivity index is 1.26. The van der Waals surface area contributed by atoms with E-state index in [2.05, 4.69) is 40.2 Å². The largest absolute Gasteiger partial charge is 0.453 e. The molecule has 1 unspecified atom stereocenters. The van der Waals surface area contributed by atoms with Crippen molar-refractivity contribution in [3.63, 3.8) is 0 Å². The number of para-hydroxylation sites is 2. The molecule has 2 fully saturated rings. The summed E-state index contributed by atoms with van der Waals surface area (Å²) in [4.78, 5) is 21.5. The first-order chi connectivity index (χ1) is 17.4. The van der Waals surface area contributed by atoms with Crippen LogP contribution in [-0.4, -0.2) is 40.2 Å². The van der Waals surface area contributed by atoms with Crippen molar-refractivity contribution in [1.29, 1.82) is 0 Å². The summed E-state index contributed by atoms with van der Waals surface area (Å²) >= 11 is 0. The summed E-state index contributed by atoms with van der Waals surface area (Å²) in [6.45, 7) is 6.71. The van der Waals surface area contributed by atoms with Crippen LogP contribution in [0.4, 0.5) is 16.2 Å². The summed E-state index contributed by atoms with van der Waals surface area (Å²) in [5.41, 5.74) is 3.95. The van der Waals surface area contributed by atoms with Gasteiger partial charge in [-0.05, 0) is 99.9 Å². The van der Waals surface area contributed by atoms with Crippen LogP contribution in [0.25, 0.3) is 11.1 Å². The molecule has 186 valence electrons. The second kappa shape index (κ2) is 8.84. The standard InChI is InChI=1S/C30H33N3O3/c1-30(2,3)36-29(34)33-23-9-10-24(33)17-20(16-23)19-32-25-6-4-5-7-27(25)35-28-18-22(8-11-26(28)32)21-12-14-31-15-13-21/h4-8,11-15,18,20,23-24H,9-10,16-17,19H2,1-3H3/t20?,23-,24+. The number of hydrogen-bond acceptors (Lipinski definition) is 5. The van der Waals surface area contributed by atoms with Gasteiger partial charge < -0.3 is 19.3 Å². The third-order valence-corrected chi connectivity index (χ3v) is 7.52. The van der Waals surface area contributed by atoms with Gasteiger partial charge in [0.1, 0.15) is 5.60 Å². The number of pyridine rings is 1. The molecule has 3 aliphatic heterocycles. The number of fused-ring (bicyclic) bond motifs is 4. The summed E-state index contributed by atoms with van der Waals surface area (Å²) < 4.78 is 12.1. The van der Waals surface area contributed by atoms with Crippen LogP contribution >= 0.6 is 0 Å². The average molecular weight is 484 g/mol. The highest BCUT2D eigenvalue weighted by atomic mass is 16.6. The number of benzene rings is 2. The van der Waals surface area contributed by atoms with E-state index in [-0.39, 0.29) is 18.2 Å². The molecule has 0 aliphatic carbocycles. The Morgan fingerprint density at radius 3 is 2.36 bits per heavy atom. The summed E-state index contributed by atoms with van der Waals surface area (Å²) in [6.07, 6.45) is 7.60. The van der Waals surface area contributed by atoms with Gasteiger partial charge in [-0.1, -0.05) is 18.2 Å². The molecule has 6 rings (SSSR count). The van der Waals surface area contributed by atoms with Crippen LogP contribution in [0.5, 0.6) is 11.5 Å². The predicted molar refractivity (Wildman–Crippen MR) is 141 cm³/mol. The molecule has 3 atom stereocenters. The fraction of sp³-hybridized carbons (Fsp3) is 0.400. The zero-order valence-corrected chi connectivity index (χ0v) is 21.2. The number of aromatic nitrogens is 1. The van der Waals surface area contributed by atoms with Crippen molar-refractivity contribution < 1.29 is 14.3 Å². The number of carbonyl (C=O) groups excluding carboxylic acids is 1. The topological polar surface area (TPSA) is 54.9 Å². The predicted octanol–water partition coefficient (Wildman–Crippen LogP) is 7.17. The monoisotopic (exact) mass is 483 g/mol. The number of hydrogen-bond donors (Lipinski definition) is 0. The molecule has 2 aromatic carbocycles. The molecule has 6 heteroatoms. The van der Waals surface area contributed by atoms with E-state index in [1.165, 1.54) is 0 Å². The maximum absolute atomic E-state index is 12.9. The van der Waals surface area contributed by atoms with Crippen molar-refractivity contribution in [3.05, 3.63) is 67.0 Å². The smallest absolute Gasteiger partial charge is 0.410 e. The molecule has 0 radical (unpaired) electrons. The minimum atomic E-state index is -0.469. The second-order valence-electron chi connectivity index (χ2n) is 11.2. The molecule has 36 heavy (non-hydrogen) atoms. The minimum Gasteiger partial charge on any atom is -0.453 e.